The van der Waals surface area contributed by atoms with E-state index in [0.717, 1.165) is 49.6 Å². The first-order valence-corrected chi connectivity index (χ1v) is 24.5. The van der Waals surface area contributed by atoms with Gasteiger partial charge in [-0.05, 0) is 69.0 Å². The Morgan fingerprint density at radius 3 is 2.33 bits per heavy atom. The van der Waals surface area contributed by atoms with E-state index in [2.05, 4.69) is 41.8 Å². The molecule has 1 atom stereocenters. The number of imide groups is 2. The van der Waals surface area contributed by atoms with Gasteiger partial charge >= 0.3 is 0 Å². The third-order valence-corrected chi connectivity index (χ3v) is 14.7. The van der Waals surface area contributed by atoms with Gasteiger partial charge in [0.1, 0.15) is 24.0 Å². The molecule has 3 N–H and O–H groups in total. The standard InChI is InChI=1S/C45H50ClN10O7P/c1-63-36-23-29(11-12-32(36)49-45-47-24-31(46)40(51-45)48-33-8-4-5-10-37(33)64(2,3)62)52-17-15-28(16-18-52)53-19-21-54(22-20-53)42(59)27-25-55(26-27)34-9-6-7-30-39(34)44(61)56(43(30)60)35-13-14-38(57)50-41(35)58/h4-12,23-24,27-28,35H,13-22,25-26H2,1-3H3,(H,50,57,58)(H2,47,48,49,51). The lowest BCUT2D eigenvalue weighted by Gasteiger charge is -2.46. The lowest BCUT2D eigenvalue weighted by Crippen LogP contribution is -2.59. The highest BCUT2D eigenvalue weighted by molar-refractivity contribution is 7.70. The number of fused-ring (bicyclic) bond motifs is 1. The van der Waals surface area contributed by atoms with E-state index in [1.807, 2.05) is 46.2 Å². The smallest absolute Gasteiger partial charge is 0.264 e. The van der Waals surface area contributed by atoms with Gasteiger partial charge in [-0.1, -0.05) is 29.8 Å². The predicted octanol–water partition coefficient (Wildman–Crippen LogP) is 4.52. The van der Waals surface area contributed by atoms with Crippen LogP contribution in [-0.4, -0.2) is 139 Å². The summed E-state index contributed by atoms with van der Waals surface area (Å²) in [6.07, 6.45) is 3.63. The number of methoxy groups -OCH3 is 1. The maximum atomic E-state index is 13.7. The fourth-order valence-electron chi connectivity index (χ4n) is 9.44. The molecule has 5 aliphatic rings. The second-order valence-electron chi connectivity index (χ2n) is 17.2. The molecule has 0 aliphatic carbocycles. The molecule has 334 valence electrons. The molecule has 5 amide bonds. The van der Waals surface area contributed by atoms with Crippen molar-refractivity contribution in [2.75, 3.05) is 93.2 Å². The van der Waals surface area contributed by atoms with Gasteiger partial charge in [-0.25, -0.2) is 4.98 Å². The number of hydrogen-bond donors (Lipinski definition) is 3. The van der Waals surface area contributed by atoms with Crippen LogP contribution >= 0.6 is 18.7 Å². The van der Waals surface area contributed by atoms with Crippen molar-refractivity contribution in [2.45, 2.75) is 37.8 Å². The van der Waals surface area contributed by atoms with Crippen molar-refractivity contribution in [3.05, 3.63) is 83.0 Å². The number of amides is 5. The average Bonchev–Trinajstić information content (AvgIpc) is 3.53. The molecule has 1 unspecified atom stereocenters. The highest BCUT2D eigenvalue weighted by atomic mass is 35.5. The first kappa shape index (κ1) is 43.2. The molecule has 4 aromatic rings. The molecule has 5 aliphatic heterocycles. The maximum Gasteiger partial charge on any atom is 0.264 e. The Labute approximate surface area is 375 Å². The number of ether oxygens (including phenoxy) is 1. The number of nitrogens with zero attached hydrogens (tertiary/aromatic N) is 7. The van der Waals surface area contributed by atoms with E-state index in [0.29, 0.717) is 77.1 Å². The lowest BCUT2D eigenvalue weighted by atomic mass is 9.94. The van der Waals surface area contributed by atoms with Crippen molar-refractivity contribution < 1.29 is 33.3 Å². The third-order valence-electron chi connectivity index (χ3n) is 12.9. The number of piperazine rings is 1. The van der Waals surface area contributed by atoms with Crippen LogP contribution in [0.2, 0.25) is 5.02 Å². The topological polar surface area (TPSA) is 190 Å². The number of aromatic nitrogens is 2. The summed E-state index contributed by atoms with van der Waals surface area (Å²) in [5.74, 6) is -0.940. The number of anilines is 6. The number of benzene rings is 3. The molecule has 0 radical (unpaired) electrons. The van der Waals surface area contributed by atoms with Gasteiger partial charge in [-0.3, -0.25) is 39.1 Å². The van der Waals surface area contributed by atoms with Crippen LogP contribution in [0.1, 0.15) is 46.4 Å². The van der Waals surface area contributed by atoms with Crippen LogP contribution in [0.25, 0.3) is 0 Å². The molecule has 9 rings (SSSR count). The average molecular weight is 909 g/mol. The second kappa shape index (κ2) is 17.5. The van der Waals surface area contributed by atoms with Crippen LogP contribution in [0.5, 0.6) is 5.75 Å². The first-order chi connectivity index (χ1) is 30.8. The molecule has 0 spiro atoms. The first-order valence-electron chi connectivity index (χ1n) is 21.5. The van der Waals surface area contributed by atoms with Gasteiger partial charge in [0, 0.05) is 81.9 Å². The van der Waals surface area contributed by atoms with Gasteiger partial charge in [0.2, 0.25) is 23.7 Å². The fourth-order valence-corrected chi connectivity index (χ4v) is 10.7. The summed E-state index contributed by atoms with van der Waals surface area (Å²) in [6.45, 7) is 8.96. The van der Waals surface area contributed by atoms with Crippen LogP contribution in [0.4, 0.5) is 34.5 Å². The van der Waals surface area contributed by atoms with E-state index in [9.17, 15) is 28.5 Å². The molecule has 64 heavy (non-hydrogen) atoms. The Bertz CT molecular complexity index is 2590. The number of hydrogen-bond acceptors (Lipinski definition) is 14. The van der Waals surface area contributed by atoms with Gasteiger partial charge in [0.15, 0.2) is 5.82 Å². The molecule has 0 bridgehead atoms. The quantitative estimate of drug-likeness (QED) is 0.141. The Morgan fingerprint density at radius 2 is 1.61 bits per heavy atom. The molecule has 4 fully saturated rings. The highest BCUT2D eigenvalue weighted by Gasteiger charge is 2.47. The van der Waals surface area contributed by atoms with Crippen LogP contribution in [-0.2, 0) is 18.9 Å². The van der Waals surface area contributed by atoms with Crippen LogP contribution in [0.15, 0.2) is 66.9 Å². The monoisotopic (exact) mass is 908 g/mol. The lowest BCUT2D eigenvalue weighted by molar-refractivity contribution is -0.139. The maximum absolute atomic E-state index is 13.7. The van der Waals surface area contributed by atoms with Gasteiger partial charge in [0.05, 0.1) is 47.4 Å². The minimum Gasteiger partial charge on any atom is -0.494 e. The third kappa shape index (κ3) is 8.39. The van der Waals surface area contributed by atoms with E-state index in [1.165, 1.54) is 6.20 Å². The predicted molar refractivity (Wildman–Crippen MR) is 244 cm³/mol. The minimum absolute atomic E-state index is 0.0544. The molecule has 19 heteroatoms. The van der Waals surface area contributed by atoms with Crippen molar-refractivity contribution >= 4 is 88.1 Å². The summed E-state index contributed by atoms with van der Waals surface area (Å²) in [6, 6.07) is 17.9. The summed E-state index contributed by atoms with van der Waals surface area (Å²) in [4.78, 5) is 83.6. The van der Waals surface area contributed by atoms with E-state index >= 15 is 0 Å². The zero-order valence-electron chi connectivity index (χ0n) is 35.9. The number of rotatable bonds is 11. The van der Waals surface area contributed by atoms with Crippen molar-refractivity contribution in [2.24, 2.45) is 5.92 Å². The zero-order chi connectivity index (χ0) is 44.9. The van der Waals surface area contributed by atoms with Gasteiger partial charge in [0.25, 0.3) is 11.8 Å². The number of nitrogens with one attached hydrogen (secondary N) is 3. The van der Waals surface area contributed by atoms with Gasteiger partial charge in [-0.15, -0.1) is 0 Å². The van der Waals surface area contributed by atoms with E-state index in [-0.39, 0.29) is 35.8 Å². The van der Waals surface area contributed by atoms with E-state index in [4.69, 9.17) is 16.3 Å². The van der Waals surface area contributed by atoms with E-state index < -0.39 is 36.8 Å². The van der Waals surface area contributed by atoms with Gasteiger partial charge in [-0.2, -0.15) is 4.98 Å². The van der Waals surface area contributed by atoms with Crippen LogP contribution in [0.3, 0.4) is 0 Å². The summed E-state index contributed by atoms with van der Waals surface area (Å²) in [5.41, 5.74) is 3.47. The molecule has 4 saturated heterocycles. The molecular weight excluding hydrogens is 859 g/mol. The molecule has 3 aromatic carbocycles. The van der Waals surface area contributed by atoms with Crippen LogP contribution < -0.4 is 35.8 Å². The Balaban J connectivity index is 0.754. The summed E-state index contributed by atoms with van der Waals surface area (Å²) in [7, 11) is -0.940. The molecular formula is C45H50ClN10O7P. The molecule has 0 saturated carbocycles. The van der Waals surface area contributed by atoms with Gasteiger partial charge < -0.3 is 34.6 Å². The Morgan fingerprint density at radius 1 is 0.859 bits per heavy atom. The second-order valence-corrected chi connectivity index (χ2v) is 20.8. The number of carbonyl (C=O) groups excluding carboxylic acids is 5. The van der Waals surface area contributed by atoms with E-state index in [1.54, 1.807) is 38.6 Å². The Kier molecular flexibility index (Phi) is 11.8. The molecule has 1 aromatic heterocycles. The van der Waals surface area contributed by atoms with Crippen molar-refractivity contribution in [3.8, 4) is 5.75 Å². The number of piperidine rings is 2. The van der Waals surface area contributed by atoms with Crippen molar-refractivity contribution in [1.82, 2.24) is 30.0 Å². The van der Waals surface area contributed by atoms with Crippen molar-refractivity contribution in [3.63, 3.8) is 0 Å². The SMILES string of the molecule is COc1cc(N2CCC(N3CCN(C(=O)C4CN(c5cccc6c5C(=O)N(C5CCC(=O)NC5=O)C6=O)C4)CC3)CC2)ccc1Nc1ncc(Cl)c(Nc2ccccc2P(C)(C)=O)n1. The summed E-state index contributed by atoms with van der Waals surface area (Å²) < 4.78 is 18.7. The molecule has 6 heterocycles. The fraction of sp³-hybridized carbons (Fsp3) is 0.400. The number of para-hydroxylation sites is 1. The Hall–Kier alpha value is -6.03. The molecule has 17 nitrogen and oxygen atoms in total. The largest absolute Gasteiger partial charge is 0.494 e. The normalized spacial score (nSPS) is 20.0. The zero-order valence-corrected chi connectivity index (χ0v) is 37.5. The summed E-state index contributed by atoms with van der Waals surface area (Å²) in [5, 5.41) is 9.76. The number of halogens is 1. The highest BCUT2D eigenvalue weighted by Crippen LogP contribution is 2.40. The summed E-state index contributed by atoms with van der Waals surface area (Å²) >= 11 is 6.48. The van der Waals surface area contributed by atoms with Crippen LogP contribution in [0, 0.1) is 5.92 Å². The minimum atomic E-state index is -2.57. The number of carbonyl (C=O) groups is 5. The van der Waals surface area contributed by atoms with Crippen molar-refractivity contribution in [1.29, 1.82) is 0 Å².